The van der Waals surface area contributed by atoms with Crippen molar-refractivity contribution >= 4 is 5.91 Å². The monoisotopic (exact) mass is 279 g/mol. The topological polar surface area (TPSA) is 67.2 Å². The average molecular weight is 279 g/mol. The Morgan fingerprint density at radius 3 is 2.70 bits per heavy atom. The molecule has 1 heterocycles. The van der Waals surface area contributed by atoms with E-state index in [1.165, 1.54) is 0 Å². The van der Waals surface area contributed by atoms with Crippen LogP contribution >= 0.6 is 0 Å². The Morgan fingerprint density at radius 2 is 2.20 bits per heavy atom. The highest BCUT2D eigenvalue weighted by Gasteiger charge is 2.35. The highest BCUT2D eigenvalue weighted by Crippen LogP contribution is 2.31. The summed E-state index contributed by atoms with van der Waals surface area (Å²) in [5.41, 5.74) is 1.02. The molecule has 0 unspecified atom stereocenters. The van der Waals surface area contributed by atoms with Gasteiger partial charge in [-0.1, -0.05) is 13.8 Å². The fourth-order valence-corrected chi connectivity index (χ4v) is 2.85. The van der Waals surface area contributed by atoms with Crippen molar-refractivity contribution in [3.05, 3.63) is 17.5 Å². The standard InChI is InChI=1S/C15H25N3O2/c1-4-12-9-13(18(3)17-12)14(20)16-15(10-19)7-5-11(2)6-8-15/h9,11,19H,4-8,10H2,1-3H3,(H,16,20). The summed E-state index contributed by atoms with van der Waals surface area (Å²) in [5, 5.41) is 17.1. The second kappa shape index (κ2) is 5.95. The van der Waals surface area contributed by atoms with E-state index in [1.807, 2.05) is 13.0 Å². The van der Waals surface area contributed by atoms with Crippen LogP contribution in [0.15, 0.2) is 6.07 Å². The Bertz CT molecular complexity index is 473. The van der Waals surface area contributed by atoms with E-state index in [-0.39, 0.29) is 12.5 Å². The summed E-state index contributed by atoms with van der Waals surface area (Å²) in [4.78, 5) is 12.4. The van der Waals surface area contributed by atoms with E-state index in [0.717, 1.165) is 37.8 Å². The van der Waals surface area contributed by atoms with Gasteiger partial charge >= 0.3 is 0 Å². The molecule has 1 aromatic rings. The van der Waals surface area contributed by atoms with E-state index in [9.17, 15) is 9.90 Å². The highest BCUT2D eigenvalue weighted by molar-refractivity contribution is 5.93. The molecule has 1 amide bonds. The van der Waals surface area contributed by atoms with Crippen LogP contribution in [0.2, 0.25) is 0 Å². The second-order valence-electron chi connectivity index (χ2n) is 6.07. The molecule has 1 saturated carbocycles. The summed E-state index contributed by atoms with van der Waals surface area (Å²) in [6.45, 7) is 4.24. The molecule has 2 N–H and O–H groups in total. The lowest BCUT2D eigenvalue weighted by molar-refractivity contribution is 0.0709. The third kappa shape index (κ3) is 3.03. The first-order valence-electron chi connectivity index (χ1n) is 7.46. The fraction of sp³-hybridized carbons (Fsp3) is 0.733. The number of aliphatic hydroxyl groups is 1. The van der Waals surface area contributed by atoms with Crippen LogP contribution in [-0.2, 0) is 13.5 Å². The number of aromatic nitrogens is 2. The van der Waals surface area contributed by atoms with E-state index in [1.54, 1.807) is 11.7 Å². The minimum Gasteiger partial charge on any atom is -0.394 e. The molecule has 2 rings (SSSR count). The van der Waals surface area contributed by atoms with Crippen molar-refractivity contribution < 1.29 is 9.90 Å². The van der Waals surface area contributed by atoms with Gasteiger partial charge in [0.1, 0.15) is 5.69 Å². The number of nitrogens with one attached hydrogen (secondary N) is 1. The Morgan fingerprint density at radius 1 is 1.55 bits per heavy atom. The van der Waals surface area contributed by atoms with Gasteiger partial charge in [-0.15, -0.1) is 0 Å². The Balaban J connectivity index is 2.11. The maximum atomic E-state index is 12.4. The van der Waals surface area contributed by atoms with Crippen molar-refractivity contribution in [1.82, 2.24) is 15.1 Å². The molecule has 5 nitrogen and oxygen atoms in total. The highest BCUT2D eigenvalue weighted by atomic mass is 16.3. The lowest BCUT2D eigenvalue weighted by atomic mass is 9.77. The zero-order valence-corrected chi connectivity index (χ0v) is 12.6. The molecule has 0 bridgehead atoms. The molecule has 1 aromatic heterocycles. The molecule has 1 fully saturated rings. The van der Waals surface area contributed by atoms with Crippen molar-refractivity contribution in [3.8, 4) is 0 Å². The maximum Gasteiger partial charge on any atom is 0.270 e. The van der Waals surface area contributed by atoms with Crippen molar-refractivity contribution in [2.24, 2.45) is 13.0 Å². The van der Waals surface area contributed by atoms with Gasteiger partial charge in [0.05, 0.1) is 17.8 Å². The zero-order chi connectivity index (χ0) is 14.8. The molecular weight excluding hydrogens is 254 g/mol. The largest absolute Gasteiger partial charge is 0.394 e. The summed E-state index contributed by atoms with van der Waals surface area (Å²) in [7, 11) is 1.78. The van der Waals surface area contributed by atoms with Crippen molar-refractivity contribution in [1.29, 1.82) is 0 Å². The normalized spacial score (nSPS) is 26.5. The third-order valence-corrected chi connectivity index (χ3v) is 4.44. The first-order chi connectivity index (χ1) is 9.49. The number of carbonyl (C=O) groups is 1. The van der Waals surface area contributed by atoms with E-state index in [2.05, 4.69) is 17.3 Å². The number of amides is 1. The average Bonchev–Trinajstić information content (AvgIpc) is 2.83. The van der Waals surface area contributed by atoms with E-state index < -0.39 is 5.54 Å². The molecule has 0 saturated heterocycles. The van der Waals surface area contributed by atoms with Crippen LogP contribution < -0.4 is 5.32 Å². The number of nitrogens with zero attached hydrogens (tertiary/aromatic N) is 2. The molecule has 20 heavy (non-hydrogen) atoms. The summed E-state index contributed by atoms with van der Waals surface area (Å²) >= 11 is 0. The summed E-state index contributed by atoms with van der Waals surface area (Å²) in [6, 6.07) is 1.83. The number of hydrogen-bond donors (Lipinski definition) is 2. The second-order valence-corrected chi connectivity index (χ2v) is 6.07. The van der Waals surface area contributed by atoms with Gasteiger partial charge in [-0.05, 0) is 44.1 Å². The predicted molar refractivity (Wildman–Crippen MR) is 77.5 cm³/mol. The van der Waals surface area contributed by atoms with Gasteiger partial charge in [0.25, 0.3) is 5.91 Å². The molecule has 112 valence electrons. The van der Waals surface area contributed by atoms with Gasteiger partial charge in [-0.2, -0.15) is 5.10 Å². The van der Waals surface area contributed by atoms with E-state index in [0.29, 0.717) is 11.6 Å². The van der Waals surface area contributed by atoms with Gasteiger partial charge in [0.2, 0.25) is 0 Å². The van der Waals surface area contributed by atoms with Crippen LogP contribution in [0.25, 0.3) is 0 Å². The molecule has 1 aliphatic carbocycles. The molecule has 0 atom stereocenters. The molecule has 5 heteroatoms. The summed E-state index contributed by atoms with van der Waals surface area (Å²) in [5.74, 6) is 0.540. The van der Waals surface area contributed by atoms with Crippen LogP contribution in [0.3, 0.4) is 0 Å². The Kier molecular flexibility index (Phi) is 4.48. The molecule has 0 spiro atoms. The van der Waals surface area contributed by atoms with Gasteiger partial charge in [0.15, 0.2) is 0 Å². The lowest BCUT2D eigenvalue weighted by Crippen LogP contribution is -2.53. The van der Waals surface area contributed by atoms with Gasteiger partial charge in [-0.3, -0.25) is 9.48 Å². The molecule has 0 aliphatic heterocycles. The van der Waals surface area contributed by atoms with Crippen molar-refractivity contribution in [3.63, 3.8) is 0 Å². The lowest BCUT2D eigenvalue weighted by Gasteiger charge is -2.38. The Labute approximate surface area is 120 Å². The first kappa shape index (κ1) is 15.0. The predicted octanol–water partition coefficient (Wildman–Crippen LogP) is 1.65. The van der Waals surface area contributed by atoms with E-state index >= 15 is 0 Å². The fourth-order valence-electron chi connectivity index (χ4n) is 2.85. The first-order valence-corrected chi connectivity index (χ1v) is 7.46. The van der Waals surface area contributed by atoms with Crippen LogP contribution in [0, 0.1) is 5.92 Å². The van der Waals surface area contributed by atoms with E-state index in [4.69, 9.17) is 0 Å². The quantitative estimate of drug-likeness (QED) is 0.880. The number of aryl methyl sites for hydroxylation is 2. The minimum atomic E-state index is -0.458. The van der Waals surface area contributed by atoms with Gasteiger partial charge in [0, 0.05) is 7.05 Å². The summed E-state index contributed by atoms with van der Waals surface area (Å²) in [6.07, 6.45) is 4.59. The zero-order valence-electron chi connectivity index (χ0n) is 12.6. The minimum absolute atomic E-state index is 0.00392. The smallest absolute Gasteiger partial charge is 0.270 e. The summed E-state index contributed by atoms with van der Waals surface area (Å²) < 4.78 is 1.62. The molecular formula is C15H25N3O2. The van der Waals surface area contributed by atoms with Crippen LogP contribution in [0.5, 0.6) is 0 Å². The van der Waals surface area contributed by atoms with Gasteiger partial charge < -0.3 is 10.4 Å². The number of hydrogen-bond acceptors (Lipinski definition) is 3. The van der Waals surface area contributed by atoms with Crippen molar-refractivity contribution in [2.45, 2.75) is 51.5 Å². The van der Waals surface area contributed by atoms with Crippen LogP contribution in [-0.4, -0.2) is 32.9 Å². The Hall–Kier alpha value is -1.36. The maximum absolute atomic E-state index is 12.4. The number of carbonyl (C=O) groups excluding carboxylic acids is 1. The SMILES string of the molecule is CCc1cc(C(=O)NC2(CO)CCC(C)CC2)n(C)n1. The van der Waals surface area contributed by atoms with Crippen molar-refractivity contribution in [2.75, 3.05) is 6.61 Å². The number of rotatable bonds is 4. The third-order valence-electron chi connectivity index (χ3n) is 4.44. The molecule has 0 radical (unpaired) electrons. The molecule has 1 aliphatic rings. The van der Waals surface area contributed by atoms with Crippen LogP contribution in [0.1, 0.15) is 55.7 Å². The number of aliphatic hydroxyl groups excluding tert-OH is 1. The van der Waals surface area contributed by atoms with Crippen LogP contribution in [0.4, 0.5) is 0 Å². The van der Waals surface area contributed by atoms with Gasteiger partial charge in [-0.25, -0.2) is 0 Å². The molecule has 0 aromatic carbocycles.